The molecular weight excluding hydrogens is 335 g/mol. The van der Waals surface area contributed by atoms with E-state index in [0.717, 1.165) is 16.7 Å². The lowest BCUT2D eigenvalue weighted by atomic mass is 9.86. The van der Waals surface area contributed by atoms with Crippen LogP contribution in [0.4, 0.5) is 4.39 Å². The van der Waals surface area contributed by atoms with Crippen LogP contribution in [0.15, 0.2) is 72.8 Å². The van der Waals surface area contributed by atoms with Gasteiger partial charge in [-0.1, -0.05) is 87.5 Å². The van der Waals surface area contributed by atoms with Crippen molar-refractivity contribution in [2.24, 2.45) is 0 Å². The van der Waals surface area contributed by atoms with Gasteiger partial charge in [-0.3, -0.25) is 0 Å². The van der Waals surface area contributed by atoms with Crippen LogP contribution in [0.5, 0.6) is 0 Å². The third-order valence-corrected chi connectivity index (χ3v) is 4.90. The normalized spacial score (nSPS) is 12.8. The topological polar surface area (TPSA) is 9.23 Å². The molecule has 2 heteroatoms. The lowest BCUT2D eigenvalue weighted by Crippen LogP contribution is -2.10. The number of hydrogen-bond donors (Lipinski definition) is 0. The van der Waals surface area contributed by atoms with Crippen molar-refractivity contribution < 1.29 is 9.13 Å². The second-order valence-corrected chi connectivity index (χ2v) is 8.00. The quantitative estimate of drug-likeness (QED) is 0.472. The molecular formula is C25H27FO. The third-order valence-electron chi connectivity index (χ3n) is 4.90. The fraction of sp³-hybridized carbons (Fsp3) is 0.280. The van der Waals surface area contributed by atoms with E-state index in [4.69, 9.17) is 4.74 Å². The molecule has 0 aromatic heterocycles. The van der Waals surface area contributed by atoms with Gasteiger partial charge in [-0.2, -0.15) is 0 Å². The summed E-state index contributed by atoms with van der Waals surface area (Å²) < 4.78 is 20.4. The van der Waals surface area contributed by atoms with E-state index >= 15 is 0 Å². The Labute approximate surface area is 161 Å². The summed E-state index contributed by atoms with van der Waals surface area (Å²) in [4.78, 5) is 0. The van der Waals surface area contributed by atoms with Crippen molar-refractivity contribution in [1.29, 1.82) is 0 Å². The Morgan fingerprint density at radius 1 is 0.852 bits per heavy atom. The van der Waals surface area contributed by atoms with Crippen LogP contribution >= 0.6 is 0 Å². The first kappa shape index (κ1) is 19.3. The predicted molar refractivity (Wildman–Crippen MR) is 110 cm³/mol. The van der Waals surface area contributed by atoms with Crippen molar-refractivity contribution in [2.45, 2.75) is 45.8 Å². The molecule has 0 saturated carbocycles. The minimum absolute atomic E-state index is 0.0739. The number of rotatable bonds is 5. The van der Waals surface area contributed by atoms with Crippen LogP contribution in [-0.4, -0.2) is 0 Å². The van der Waals surface area contributed by atoms with E-state index in [-0.39, 0.29) is 23.9 Å². The molecule has 0 amide bonds. The summed E-state index contributed by atoms with van der Waals surface area (Å²) in [7, 11) is 0. The smallest absolute Gasteiger partial charge is 0.129 e. The molecule has 0 spiro atoms. The zero-order valence-electron chi connectivity index (χ0n) is 16.5. The second-order valence-electron chi connectivity index (χ2n) is 8.00. The first-order valence-electron chi connectivity index (χ1n) is 9.40. The van der Waals surface area contributed by atoms with Crippen molar-refractivity contribution in [3.05, 3.63) is 95.3 Å². The van der Waals surface area contributed by atoms with E-state index in [1.54, 1.807) is 6.07 Å². The molecule has 1 atom stereocenters. The van der Waals surface area contributed by atoms with E-state index in [1.807, 2.05) is 49.4 Å². The summed E-state index contributed by atoms with van der Waals surface area (Å²) in [6.07, 6.45) is -0.0739. The van der Waals surface area contributed by atoms with Crippen molar-refractivity contribution in [3.8, 4) is 11.1 Å². The first-order valence-corrected chi connectivity index (χ1v) is 9.40. The Hall–Kier alpha value is -2.45. The standard InChI is InChI=1S/C25H27FO/c1-18(19-8-6-5-7-9-19)27-17-22-11-10-21(16-24(22)26)20-12-14-23(15-13-20)25(2,3)4/h5-16,18H,17H2,1-4H3/t18-/m0/s1. The molecule has 0 fully saturated rings. The van der Waals surface area contributed by atoms with Crippen molar-refractivity contribution >= 4 is 0 Å². The summed E-state index contributed by atoms with van der Waals surface area (Å²) in [5.74, 6) is -0.229. The van der Waals surface area contributed by atoms with Gasteiger partial charge in [0.1, 0.15) is 5.82 Å². The third kappa shape index (κ3) is 4.84. The van der Waals surface area contributed by atoms with Crippen LogP contribution in [-0.2, 0) is 16.8 Å². The fourth-order valence-electron chi connectivity index (χ4n) is 3.04. The van der Waals surface area contributed by atoms with Crippen molar-refractivity contribution in [3.63, 3.8) is 0 Å². The minimum atomic E-state index is -0.229. The molecule has 0 saturated heterocycles. The molecule has 3 aromatic carbocycles. The van der Waals surface area contributed by atoms with Crippen LogP contribution in [0.2, 0.25) is 0 Å². The maximum Gasteiger partial charge on any atom is 0.129 e. The van der Waals surface area contributed by atoms with E-state index in [1.165, 1.54) is 5.56 Å². The monoisotopic (exact) mass is 362 g/mol. The second kappa shape index (κ2) is 8.06. The average molecular weight is 362 g/mol. The minimum Gasteiger partial charge on any atom is -0.369 e. The van der Waals surface area contributed by atoms with Crippen LogP contribution < -0.4 is 0 Å². The lowest BCUT2D eigenvalue weighted by molar-refractivity contribution is 0.0509. The van der Waals surface area contributed by atoms with Crippen molar-refractivity contribution in [2.75, 3.05) is 0 Å². The molecule has 0 aliphatic carbocycles. The highest BCUT2D eigenvalue weighted by molar-refractivity contribution is 5.64. The molecule has 0 radical (unpaired) electrons. The Balaban J connectivity index is 1.70. The fourth-order valence-corrected chi connectivity index (χ4v) is 3.04. The molecule has 140 valence electrons. The van der Waals surface area contributed by atoms with Gasteiger partial charge in [0.15, 0.2) is 0 Å². The van der Waals surface area contributed by atoms with Crippen LogP contribution in [0.1, 0.15) is 50.5 Å². The summed E-state index contributed by atoms with van der Waals surface area (Å²) in [5, 5.41) is 0. The Morgan fingerprint density at radius 3 is 2.07 bits per heavy atom. The van der Waals surface area contributed by atoms with Crippen molar-refractivity contribution in [1.82, 2.24) is 0 Å². The van der Waals surface area contributed by atoms with Crippen LogP contribution in [0, 0.1) is 5.82 Å². The van der Waals surface area contributed by atoms with Gasteiger partial charge in [-0.15, -0.1) is 0 Å². The Kier molecular flexibility index (Phi) is 5.76. The number of halogens is 1. The maximum atomic E-state index is 14.6. The van der Waals surface area contributed by atoms with Gasteiger partial charge in [0, 0.05) is 5.56 Å². The van der Waals surface area contributed by atoms with Crippen LogP contribution in [0.3, 0.4) is 0 Å². The molecule has 0 aliphatic rings. The molecule has 1 nitrogen and oxygen atoms in total. The largest absolute Gasteiger partial charge is 0.369 e. The first-order chi connectivity index (χ1) is 12.8. The van der Waals surface area contributed by atoms with Crippen LogP contribution in [0.25, 0.3) is 11.1 Å². The summed E-state index contributed by atoms with van der Waals surface area (Å²) >= 11 is 0. The molecule has 0 aliphatic heterocycles. The number of ether oxygens (including phenoxy) is 1. The lowest BCUT2D eigenvalue weighted by Gasteiger charge is -2.19. The van der Waals surface area contributed by atoms with Gasteiger partial charge in [0.25, 0.3) is 0 Å². The Morgan fingerprint density at radius 2 is 1.48 bits per heavy atom. The van der Waals surface area contributed by atoms with Gasteiger partial charge in [-0.25, -0.2) is 4.39 Å². The highest BCUT2D eigenvalue weighted by Gasteiger charge is 2.14. The molecule has 0 bridgehead atoms. The molecule has 3 aromatic rings. The molecule has 0 N–H and O–H groups in total. The SMILES string of the molecule is C[C@H](OCc1ccc(-c2ccc(C(C)(C)C)cc2)cc1F)c1ccccc1. The molecule has 3 rings (SSSR count). The number of benzene rings is 3. The van der Waals surface area contributed by atoms with Gasteiger partial charge in [0.05, 0.1) is 12.7 Å². The average Bonchev–Trinajstić information content (AvgIpc) is 2.67. The molecule has 0 unspecified atom stereocenters. The zero-order chi connectivity index (χ0) is 19.4. The van der Waals surface area contributed by atoms with Gasteiger partial charge in [-0.05, 0) is 40.7 Å². The van der Waals surface area contributed by atoms with E-state index in [9.17, 15) is 4.39 Å². The zero-order valence-corrected chi connectivity index (χ0v) is 16.5. The summed E-state index contributed by atoms with van der Waals surface area (Å²) in [6.45, 7) is 8.80. The van der Waals surface area contributed by atoms with Gasteiger partial charge in [0.2, 0.25) is 0 Å². The summed E-state index contributed by atoms with van der Waals surface area (Å²) in [5.41, 5.74) is 4.95. The summed E-state index contributed by atoms with van der Waals surface area (Å²) in [6, 6.07) is 23.7. The highest BCUT2D eigenvalue weighted by atomic mass is 19.1. The van der Waals surface area contributed by atoms with Gasteiger partial charge < -0.3 is 4.74 Å². The maximum absolute atomic E-state index is 14.6. The van der Waals surface area contributed by atoms with Gasteiger partial charge >= 0.3 is 0 Å². The molecule has 27 heavy (non-hydrogen) atoms. The van der Waals surface area contributed by atoms with E-state index < -0.39 is 0 Å². The Bertz CT molecular complexity index is 876. The highest BCUT2D eigenvalue weighted by Crippen LogP contribution is 2.28. The predicted octanol–water partition coefficient (Wildman–Crippen LogP) is 7.07. The van der Waals surface area contributed by atoms with E-state index in [2.05, 4.69) is 45.0 Å². The van der Waals surface area contributed by atoms with E-state index in [0.29, 0.717) is 5.56 Å². The number of hydrogen-bond acceptors (Lipinski definition) is 1. The molecule has 0 heterocycles.